The molecule has 1 aliphatic rings. The van der Waals surface area contributed by atoms with E-state index >= 15 is 0 Å². The summed E-state index contributed by atoms with van der Waals surface area (Å²) in [5.41, 5.74) is 6.01. The highest BCUT2D eigenvalue weighted by Gasteiger charge is 2.29. The van der Waals surface area contributed by atoms with Gasteiger partial charge < -0.3 is 15.5 Å². The quantitative estimate of drug-likeness (QED) is 0.747. The van der Waals surface area contributed by atoms with E-state index in [4.69, 9.17) is 5.73 Å². The molecule has 1 heterocycles. The SMILES string of the molecule is CCCN(CCC)C(=O)CCC(=O)N1CCCCC1C(C)N. The van der Waals surface area contributed by atoms with Crippen LogP contribution in [0.4, 0.5) is 0 Å². The molecule has 5 heteroatoms. The zero-order valence-corrected chi connectivity index (χ0v) is 14.5. The molecule has 0 saturated carbocycles. The van der Waals surface area contributed by atoms with E-state index < -0.39 is 0 Å². The molecular weight excluding hydrogens is 278 g/mol. The summed E-state index contributed by atoms with van der Waals surface area (Å²) in [6, 6.07) is 0.135. The van der Waals surface area contributed by atoms with Crippen LogP contribution in [0.1, 0.15) is 65.7 Å². The molecule has 2 atom stereocenters. The Morgan fingerprint density at radius 2 is 1.82 bits per heavy atom. The van der Waals surface area contributed by atoms with Gasteiger partial charge in [-0.3, -0.25) is 9.59 Å². The molecule has 128 valence electrons. The molecule has 0 radical (unpaired) electrons. The van der Waals surface area contributed by atoms with Crippen LogP contribution in [0.15, 0.2) is 0 Å². The Morgan fingerprint density at radius 3 is 2.36 bits per heavy atom. The number of rotatable bonds is 8. The lowest BCUT2D eigenvalue weighted by Gasteiger charge is -2.38. The minimum atomic E-state index is -0.00312. The molecule has 2 amide bonds. The molecule has 0 spiro atoms. The highest BCUT2D eigenvalue weighted by Crippen LogP contribution is 2.20. The fraction of sp³-hybridized carbons (Fsp3) is 0.882. The van der Waals surface area contributed by atoms with Crippen LogP contribution in [-0.2, 0) is 9.59 Å². The summed E-state index contributed by atoms with van der Waals surface area (Å²) in [6.07, 6.45) is 5.70. The van der Waals surface area contributed by atoms with Gasteiger partial charge in [-0.15, -0.1) is 0 Å². The molecule has 0 aliphatic carbocycles. The Kier molecular flexibility index (Phi) is 8.46. The first-order chi connectivity index (χ1) is 10.5. The molecule has 0 aromatic carbocycles. The lowest BCUT2D eigenvalue weighted by atomic mass is 9.96. The minimum Gasteiger partial charge on any atom is -0.343 e. The fourth-order valence-corrected chi connectivity index (χ4v) is 3.23. The summed E-state index contributed by atoms with van der Waals surface area (Å²) >= 11 is 0. The third-order valence-corrected chi connectivity index (χ3v) is 4.37. The van der Waals surface area contributed by atoms with Crippen molar-refractivity contribution in [3.63, 3.8) is 0 Å². The number of amides is 2. The number of nitrogens with zero attached hydrogens (tertiary/aromatic N) is 2. The van der Waals surface area contributed by atoms with Crippen molar-refractivity contribution in [1.29, 1.82) is 0 Å². The van der Waals surface area contributed by atoms with Gasteiger partial charge in [0.2, 0.25) is 11.8 Å². The standard InChI is InChI=1S/C17H33N3O2/c1-4-11-19(12-5-2)16(21)9-10-17(22)20-13-7-6-8-15(20)14(3)18/h14-15H,4-13,18H2,1-3H3. The number of piperidine rings is 1. The third kappa shape index (κ3) is 5.59. The maximum atomic E-state index is 12.5. The lowest BCUT2D eigenvalue weighted by Crippen LogP contribution is -2.51. The van der Waals surface area contributed by atoms with Gasteiger partial charge in [0.05, 0.1) is 0 Å². The van der Waals surface area contributed by atoms with E-state index in [0.717, 1.165) is 51.7 Å². The average Bonchev–Trinajstić information content (AvgIpc) is 2.52. The van der Waals surface area contributed by atoms with E-state index in [1.54, 1.807) is 0 Å². The number of nitrogens with two attached hydrogens (primary N) is 1. The lowest BCUT2D eigenvalue weighted by molar-refractivity contribution is -0.139. The second kappa shape index (κ2) is 9.82. The maximum Gasteiger partial charge on any atom is 0.223 e. The Morgan fingerprint density at radius 1 is 1.18 bits per heavy atom. The van der Waals surface area contributed by atoms with E-state index in [2.05, 4.69) is 13.8 Å². The minimum absolute atomic E-state index is 0.00312. The van der Waals surface area contributed by atoms with Crippen molar-refractivity contribution < 1.29 is 9.59 Å². The molecule has 1 saturated heterocycles. The molecule has 1 aliphatic heterocycles. The van der Waals surface area contributed by atoms with Crippen LogP contribution in [0.25, 0.3) is 0 Å². The van der Waals surface area contributed by atoms with Gasteiger partial charge in [-0.2, -0.15) is 0 Å². The topological polar surface area (TPSA) is 66.6 Å². The zero-order chi connectivity index (χ0) is 16.5. The Hall–Kier alpha value is -1.10. The summed E-state index contributed by atoms with van der Waals surface area (Å²) in [4.78, 5) is 28.5. The van der Waals surface area contributed by atoms with Crippen LogP contribution in [-0.4, -0.2) is 53.3 Å². The molecular formula is C17H33N3O2. The van der Waals surface area contributed by atoms with Gasteiger partial charge >= 0.3 is 0 Å². The summed E-state index contributed by atoms with van der Waals surface area (Å²) < 4.78 is 0. The van der Waals surface area contributed by atoms with Crippen molar-refractivity contribution in [3.8, 4) is 0 Å². The van der Waals surface area contributed by atoms with Gasteiger partial charge in [0.25, 0.3) is 0 Å². The first-order valence-electron chi connectivity index (χ1n) is 8.84. The summed E-state index contributed by atoms with van der Waals surface area (Å²) in [5, 5.41) is 0. The molecule has 0 aromatic rings. The van der Waals surface area contributed by atoms with Crippen LogP contribution < -0.4 is 5.73 Å². The van der Waals surface area contributed by atoms with Crippen molar-refractivity contribution >= 4 is 11.8 Å². The van der Waals surface area contributed by atoms with Gasteiger partial charge in [-0.05, 0) is 39.0 Å². The van der Waals surface area contributed by atoms with E-state index in [0.29, 0.717) is 12.8 Å². The van der Waals surface area contributed by atoms with E-state index in [9.17, 15) is 9.59 Å². The van der Waals surface area contributed by atoms with Gasteiger partial charge in [0, 0.05) is 44.6 Å². The molecule has 2 N–H and O–H groups in total. The number of hydrogen-bond acceptors (Lipinski definition) is 3. The molecule has 5 nitrogen and oxygen atoms in total. The summed E-state index contributed by atoms with van der Waals surface area (Å²) in [5.74, 6) is 0.190. The van der Waals surface area contributed by atoms with Gasteiger partial charge in [-0.1, -0.05) is 13.8 Å². The van der Waals surface area contributed by atoms with Gasteiger partial charge in [0.1, 0.15) is 0 Å². The monoisotopic (exact) mass is 311 g/mol. The van der Waals surface area contributed by atoms with Crippen molar-refractivity contribution in [3.05, 3.63) is 0 Å². The zero-order valence-electron chi connectivity index (χ0n) is 14.5. The fourth-order valence-electron chi connectivity index (χ4n) is 3.23. The second-order valence-electron chi connectivity index (χ2n) is 6.39. The molecule has 1 fully saturated rings. The smallest absolute Gasteiger partial charge is 0.223 e. The molecule has 2 unspecified atom stereocenters. The van der Waals surface area contributed by atoms with Gasteiger partial charge in [-0.25, -0.2) is 0 Å². The first kappa shape index (κ1) is 18.9. The van der Waals surface area contributed by atoms with Crippen LogP contribution >= 0.6 is 0 Å². The second-order valence-corrected chi connectivity index (χ2v) is 6.39. The maximum absolute atomic E-state index is 12.5. The van der Waals surface area contributed by atoms with E-state index in [-0.39, 0.29) is 23.9 Å². The van der Waals surface area contributed by atoms with Crippen LogP contribution in [0, 0.1) is 0 Å². The Labute approximate surface area is 135 Å². The normalized spacial score (nSPS) is 19.8. The van der Waals surface area contributed by atoms with E-state index in [1.165, 1.54) is 0 Å². The first-order valence-corrected chi connectivity index (χ1v) is 8.84. The molecule has 0 aromatic heterocycles. The average molecular weight is 311 g/mol. The van der Waals surface area contributed by atoms with Crippen molar-refractivity contribution in [2.24, 2.45) is 5.73 Å². The molecule has 1 rings (SSSR count). The van der Waals surface area contributed by atoms with Crippen molar-refractivity contribution in [2.45, 2.75) is 77.8 Å². The van der Waals surface area contributed by atoms with Crippen LogP contribution in [0.3, 0.4) is 0 Å². The van der Waals surface area contributed by atoms with Crippen molar-refractivity contribution in [1.82, 2.24) is 9.80 Å². The summed E-state index contributed by atoms with van der Waals surface area (Å²) in [6.45, 7) is 8.46. The molecule has 22 heavy (non-hydrogen) atoms. The van der Waals surface area contributed by atoms with Gasteiger partial charge in [0.15, 0.2) is 0 Å². The predicted molar refractivity (Wildman–Crippen MR) is 89.4 cm³/mol. The largest absolute Gasteiger partial charge is 0.343 e. The number of likely N-dealkylation sites (tertiary alicyclic amines) is 1. The predicted octanol–water partition coefficient (Wildman–Crippen LogP) is 2.14. The number of hydrogen-bond donors (Lipinski definition) is 1. The Balaban J connectivity index is 2.51. The number of carbonyl (C=O) groups excluding carboxylic acids is 2. The highest BCUT2D eigenvalue weighted by atomic mass is 16.2. The van der Waals surface area contributed by atoms with Crippen LogP contribution in [0.5, 0.6) is 0 Å². The van der Waals surface area contributed by atoms with E-state index in [1.807, 2.05) is 16.7 Å². The van der Waals surface area contributed by atoms with Crippen molar-refractivity contribution in [2.75, 3.05) is 19.6 Å². The third-order valence-electron chi connectivity index (χ3n) is 4.37. The highest BCUT2D eigenvalue weighted by molar-refractivity contribution is 5.84. The molecule has 0 bridgehead atoms. The summed E-state index contributed by atoms with van der Waals surface area (Å²) in [7, 11) is 0. The number of carbonyl (C=O) groups is 2. The Bertz CT molecular complexity index is 352. The van der Waals surface area contributed by atoms with Crippen LogP contribution in [0.2, 0.25) is 0 Å².